The van der Waals surface area contributed by atoms with E-state index in [1.807, 2.05) is 11.3 Å². The third-order valence-electron chi connectivity index (χ3n) is 11.8. The fourth-order valence-corrected chi connectivity index (χ4v) is 9.76. The molecule has 296 valence electrons. The highest BCUT2D eigenvalue weighted by Gasteiger charge is 2.25. The van der Waals surface area contributed by atoms with Gasteiger partial charge in [0, 0.05) is 36.9 Å². The van der Waals surface area contributed by atoms with Gasteiger partial charge < -0.3 is 0 Å². The maximum absolute atomic E-state index is 5.29. The number of benzene rings is 8. The van der Waals surface area contributed by atoms with Gasteiger partial charge in [-0.15, -0.1) is 11.3 Å². The summed E-state index contributed by atoms with van der Waals surface area (Å²) in [6.45, 7) is 13.7. The van der Waals surface area contributed by atoms with E-state index in [0.29, 0.717) is 17.5 Å². The number of rotatable bonds is 6. The topological polar surface area (TPSA) is 38.7 Å². The minimum absolute atomic E-state index is 0.00949. The Morgan fingerprint density at radius 3 is 1.56 bits per heavy atom. The van der Waals surface area contributed by atoms with Crippen molar-refractivity contribution < 1.29 is 0 Å². The molecular formula is C57H47N3S. The number of aromatic nitrogens is 3. The lowest BCUT2D eigenvalue weighted by Crippen LogP contribution is -2.16. The molecule has 0 spiro atoms. The van der Waals surface area contributed by atoms with Crippen LogP contribution in [0.5, 0.6) is 0 Å². The predicted octanol–water partition coefficient (Wildman–Crippen LogP) is 16.0. The van der Waals surface area contributed by atoms with Gasteiger partial charge in [0.2, 0.25) is 0 Å². The first-order chi connectivity index (χ1) is 29.5. The van der Waals surface area contributed by atoms with Crippen molar-refractivity contribution in [3.8, 4) is 67.5 Å². The molecule has 10 aromatic rings. The maximum Gasteiger partial charge on any atom is 0.164 e. The zero-order valence-electron chi connectivity index (χ0n) is 35.5. The quantitative estimate of drug-likeness (QED) is 0.168. The van der Waals surface area contributed by atoms with Gasteiger partial charge in [-0.25, -0.2) is 15.0 Å². The first kappa shape index (κ1) is 38.5. The Bertz CT molecular complexity index is 3270. The standard InChI is InChI=1S/C57H47N3S/c1-56(2,3)49-21-12-10-19-45(49)46-29-27-42(34-50(46)57(4,5)6)54-58-53(59-55(60-54)43-28-30-48-47-20-11-13-22-51(47)61-52(48)35-43)41-18-14-17-38(31-41)40-26-24-37-23-25-39(32-44(37)33-40)36-15-8-7-9-16-36/h7-35H,1-6H3. The van der Waals surface area contributed by atoms with Gasteiger partial charge in [0.15, 0.2) is 17.5 Å². The second-order valence-corrected chi connectivity index (χ2v) is 19.2. The zero-order valence-corrected chi connectivity index (χ0v) is 36.3. The van der Waals surface area contributed by atoms with Crippen molar-refractivity contribution in [3.63, 3.8) is 0 Å². The monoisotopic (exact) mass is 805 g/mol. The van der Waals surface area contributed by atoms with Crippen LogP contribution < -0.4 is 0 Å². The highest BCUT2D eigenvalue weighted by molar-refractivity contribution is 7.25. The van der Waals surface area contributed by atoms with Gasteiger partial charge in [0.1, 0.15) is 0 Å². The molecule has 4 heteroatoms. The molecule has 0 bridgehead atoms. The summed E-state index contributed by atoms with van der Waals surface area (Å²) in [4.78, 5) is 15.8. The zero-order chi connectivity index (χ0) is 41.9. The normalized spacial score (nSPS) is 12.1. The molecular weight excluding hydrogens is 759 g/mol. The van der Waals surface area contributed by atoms with Gasteiger partial charge in [-0.05, 0) is 103 Å². The Kier molecular flexibility index (Phi) is 9.49. The van der Waals surface area contributed by atoms with Gasteiger partial charge in [0.25, 0.3) is 0 Å². The summed E-state index contributed by atoms with van der Waals surface area (Å²) in [5.41, 5.74) is 12.5. The van der Waals surface area contributed by atoms with E-state index in [0.717, 1.165) is 27.8 Å². The summed E-state index contributed by atoms with van der Waals surface area (Å²) in [5.74, 6) is 1.95. The highest BCUT2D eigenvalue weighted by atomic mass is 32.1. The molecule has 2 aromatic heterocycles. The van der Waals surface area contributed by atoms with Crippen molar-refractivity contribution in [2.24, 2.45) is 0 Å². The molecule has 0 aliphatic carbocycles. The Hall–Kier alpha value is -6.75. The summed E-state index contributed by atoms with van der Waals surface area (Å²) >= 11 is 1.81. The van der Waals surface area contributed by atoms with Gasteiger partial charge in [-0.2, -0.15) is 0 Å². The minimum Gasteiger partial charge on any atom is -0.208 e. The van der Waals surface area contributed by atoms with Crippen LogP contribution in [0.2, 0.25) is 0 Å². The molecule has 61 heavy (non-hydrogen) atoms. The summed E-state index contributed by atoms with van der Waals surface area (Å²) < 4.78 is 2.49. The molecule has 0 N–H and O–H groups in total. The van der Waals surface area contributed by atoms with Crippen molar-refractivity contribution in [1.29, 1.82) is 0 Å². The fraction of sp³-hybridized carbons (Fsp3) is 0.140. The number of hydrogen-bond acceptors (Lipinski definition) is 4. The number of thiophene rings is 1. The molecule has 3 nitrogen and oxygen atoms in total. The molecule has 0 fully saturated rings. The largest absolute Gasteiger partial charge is 0.208 e. The van der Waals surface area contributed by atoms with Crippen LogP contribution in [0, 0.1) is 0 Å². The molecule has 8 aromatic carbocycles. The van der Waals surface area contributed by atoms with Crippen LogP contribution in [-0.2, 0) is 10.8 Å². The lowest BCUT2D eigenvalue weighted by molar-refractivity contribution is 0.585. The molecule has 0 aliphatic rings. The molecule has 0 unspecified atom stereocenters. The van der Waals surface area contributed by atoms with Crippen LogP contribution >= 0.6 is 11.3 Å². The summed E-state index contributed by atoms with van der Waals surface area (Å²) in [6, 6.07) is 63.4. The van der Waals surface area contributed by atoms with Gasteiger partial charge >= 0.3 is 0 Å². The average molecular weight is 806 g/mol. The SMILES string of the molecule is CC(C)(C)c1ccccc1-c1ccc(-c2nc(-c3cccc(-c4ccc5ccc(-c6ccccc6)cc5c4)c3)nc(-c3ccc4c(c3)sc3ccccc34)n2)cc1C(C)(C)C. The van der Waals surface area contributed by atoms with Crippen molar-refractivity contribution in [2.75, 3.05) is 0 Å². The lowest BCUT2D eigenvalue weighted by Gasteiger charge is -2.28. The number of fused-ring (bicyclic) bond motifs is 4. The van der Waals surface area contributed by atoms with E-state index in [-0.39, 0.29) is 10.8 Å². The van der Waals surface area contributed by atoms with E-state index in [2.05, 4.69) is 217 Å². The van der Waals surface area contributed by atoms with Gasteiger partial charge in [-0.3, -0.25) is 0 Å². The summed E-state index contributed by atoms with van der Waals surface area (Å²) in [6.07, 6.45) is 0. The van der Waals surface area contributed by atoms with E-state index < -0.39 is 0 Å². The Morgan fingerprint density at radius 2 is 0.836 bits per heavy atom. The minimum atomic E-state index is -0.142. The third kappa shape index (κ3) is 7.42. The Labute approximate surface area is 362 Å². The van der Waals surface area contributed by atoms with Gasteiger partial charge in [0.05, 0.1) is 0 Å². The molecule has 0 atom stereocenters. The van der Waals surface area contributed by atoms with Gasteiger partial charge in [-0.1, -0.05) is 181 Å². The Balaban J connectivity index is 1.12. The Morgan fingerprint density at radius 1 is 0.328 bits per heavy atom. The first-order valence-corrected chi connectivity index (χ1v) is 21.9. The molecule has 0 aliphatic heterocycles. The second-order valence-electron chi connectivity index (χ2n) is 18.1. The van der Waals surface area contributed by atoms with E-state index in [4.69, 9.17) is 15.0 Å². The molecule has 0 radical (unpaired) electrons. The van der Waals surface area contributed by atoms with Crippen molar-refractivity contribution in [2.45, 2.75) is 52.4 Å². The smallest absolute Gasteiger partial charge is 0.164 e. The third-order valence-corrected chi connectivity index (χ3v) is 12.9. The molecule has 2 heterocycles. The number of hydrogen-bond donors (Lipinski definition) is 0. The molecule has 0 amide bonds. The highest BCUT2D eigenvalue weighted by Crippen LogP contribution is 2.41. The van der Waals surface area contributed by atoms with Crippen LogP contribution in [0.15, 0.2) is 176 Å². The van der Waals surface area contributed by atoms with Crippen LogP contribution in [0.3, 0.4) is 0 Å². The van der Waals surface area contributed by atoms with E-state index in [1.54, 1.807) is 0 Å². The molecule has 0 saturated carbocycles. The second kappa shape index (κ2) is 15.1. The molecule has 0 saturated heterocycles. The van der Waals surface area contributed by atoms with E-state index >= 15 is 0 Å². The van der Waals surface area contributed by atoms with Crippen molar-refractivity contribution in [1.82, 2.24) is 15.0 Å². The molecule has 10 rings (SSSR count). The van der Waals surface area contributed by atoms with Crippen LogP contribution in [-0.4, -0.2) is 15.0 Å². The average Bonchev–Trinajstić information content (AvgIpc) is 3.66. The van der Waals surface area contributed by atoms with Crippen molar-refractivity contribution >= 4 is 42.3 Å². The first-order valence-electron chi connectivity index (χ1n) is 21.1. The van der Waals surface area contributed by atoms with Crippen molar-refractivity contribution in [3.05, 3.63) is 187 Å². The summed E-state index contributed by atoms with van der Waals surface area (Å²) in [7, 11) is 0. The predicted molar refractivity (Wildman–Crippen MR) is 260 cm³/mol. The lowest BCUT2D eigenvalue weighted by atomic mass is 9.76. The van der Waals surface area contributed by atoms with Crippen LogP contribution in [0.25, 0.3) is 98.5 Å². The van der Waals surface area contributed by atoms with Crippen LogP contribution in [0.1, 0.15) is 52.7 Å². The fourth-order valence-electron chi connectivity index (χ4n) is 8.61. The number of nitrogens with zero attached hydrogens (tertiary/aromatic N) is 3. The summed E-state index contributed by atoms with van der Waals surface area (Å²) in [5, 5.41) is 4.94. The van der Waals surface area contributed by atoms with E-state index in [1.165, 1.54) is 64.3 Å². The van der Waals surface area contributed by atoms with E-state index in [9.17, 15) is 0 Å². The van der Waals surface area contributed by atoms with Crippen LogP contribution in [0.4, 0.5) is 0 Å². The maximum atomic E-state index is 5.29.